The Bertz CT molecular complexity index is 534. The first-order chi connectivity index (χ1) is 15.4. The third kappa shape index (κ3) is 11.0. The predicted molar refractivity (Wildman–Crippen MR) is 164 cm³/mol. The first kappa shape index (κ1) is 32.7. The molecule has 204 valence electrons. The van der Waals surface area contributed by atoms with Crippen molar-refractivity contribution in [2.24, 2.45) is 44.8 Å². The van der Waals surface area contributed by atoms with Crippen LogP contribution in [0.5, 0.6) is 0 Å². The summed E-state index contributed by atoms with van der Waals surface area (Å²) in [5.74, 6) is 4.53. The molecule has 1 saturated carbocycles. The van der Waals surface area contributed by atoms with E-state index in [-0.39, 0.29) is 0 Å². The largest absolute Gasteiger partial charge is 0.179 e. The average molecular weight is 513 g/mol. The van der Waals surface area contributed by atoms with Crippen molar-refractivity contribution in [3.05, 3.63) is 0 Å². The molecule has 0 amide bonds. The SMILES string of the molecule is CC(C)(CCCCS)CC(C)(C)C1CC(C(C)(C)C)CC(C(C)(C)CC(C)(C)CCCCS)C1. The van der Waals surface area contributed by atoms with Crippen LogP contribution in [0.2, 0.25) is 0 Å². The standard InChI is InChI=1S/C32H64S2/c1-28(2,3)25-20-26(31(8,9)23-29(4,5)16-12-14-18-33)22-27(21-25)32(10,11)24-30(6,7)17-13-15-19-34/h25-27,33-34H,12-24H2,1-11H3. The predicted octanol–water partition coefficient (Wildman–Crippen LogP) is 11.2. The molecule has 0 saturated heterocycles. The van der Waals surface area contributed by atoms with Crippen LogP contribution in [-0.4, -0.2) is 11.5 Å². The summed E-state index contributed by atoms with van der Waals surface area (Å²) < 4.78 is 0. The van der Waals surface area contributed by atoms with E-state index in [2.05, 4.69) is 101 Å². The average Bonchev–Trinajstić information content (AvgIpc) is 2.65. The van der Waals surface area contributed by atoms with Gasteiger partial charge in [-0.1, -0.05) is 89.0 Å². The molecule has 34 heavy (non-hydrogen) atoms. The summed E-state index contributed by atoms with van der Waals surface area (Å²) in [7, 11) is 0. The Balaban J connectivity index is 3.07. The van der Waals surface area contributed by atoms with Gasteiger partial charge in [0.05, 0.1) is 0 Å². The Kier molecular flexibility index (Phi) is 12.5. The van der Waals surface area contributed by atoms with Crippen molar-refractivity contribution in [3.8, 4) is 0 Å². The maximum Gasteiger partial charge on any atom is -0.00979 e. The summed E-state index contributed by atoms with van der Waals surface area (Å²) in [4.78, 5) is 0. The van der Waals surface area contributed by atoms with Crippen molar-refractivity contribution >= 4 is 25.3 Å². The van der Waals surface area contributed by atoms with Crippen LogP contribution >= 0.6 is 25.3 Å². The van der Waals surface area contributed by atoms with Crippen LogP contribution in [0.25, 0.3) is 0 Å². The lowest BCUT2D eigenvalue weighted by molar-refractivity contribution is -0.0273. The molecule has 1 aliphatic carbocycles. The molecule has 0 spiro atoms. The molecule has 1 fully saturated rings. The van der Waals surface area contributed by atoms with Gasteiger partial charge in [-0.3, -0.25) is 0 Å². The second-order valence-corrected chi connectivity index (χ2v) is 17.1. The summed E-state index contributed by atoms with van der Waals surface area (Å²) in [5.41, 5.74) is 2.02. The first-order valence-corrected chi connectivity index (χ1v) is 15.8. The Labute approximate surface area is 227 Å². The highest BCUT2D eigenvalue weighted by Crippen LogP contribution is 2.57. The van der Waals surface area contributed by atoms with Gasteiger partial charge in [-0.05, 0) is 114 Å². The molecule has 0 nitrogen and oxygen atoms in total. The van der Waals surface area contributed by atoms with E-state index in [0.29, 0.717) is 27.1 Å². The highest BCUT2D eigenvalue weighted by Gasteiger charge is 2.47. The maximum absolute atomic E-state index is 4.44. The normalized spacial score (nSPS) is 23.4. The summed E-state index contributed by atoms with van der Waals surface area (Å²) >= 11 is 8.89. The van der Waals surface area contributed by atoms with Gasteiger partial charge in [0.1, 0.15) is 0 Å². The number of hydrogen-bond donors (Lipinski definition) is 2. The van der Waals surface area contributed by atoms with Crippen LogP contribution < -0.4 is 0 Å². The fourth-order valence-electron chi connectivity index (χ4n) is 7.67. The zero-order valence-electron chi connectivity index (χ0n) is 25.3. The molecule has 0 heterocycles. The van der Waals surface area contributed by atoms with E-state index in [0.717, 1.165) is 29.3 Å². The van der Waals surface area contributed by atoms with Crippen molar-refractivity contribution in [1.82, 2.24) is 0 Å². The van der Waals surface area contributed by atoms with Crippen molar-refractivity contribution in [1.29, 1.82) is 0 Å². The van der Waals surface area contributed by atoms with Crippen molar-refractivity contribution in [3.63, 3.8) is 0 Å². The molecule has 1 rings (SSSR count). The third-order valence-electron chi connectivity index (χ3n) is 9.53. The number of hydrogen-bond acceptors (Lipinski definition) is 2. The zero-order chi connectivity index (χ0) is 26.4. The smallest absolute Gasteiger partial charge is 0.00979 e. The Morgan fingerprint density at radius 1 is 0.500 bits per heavy atom. The lowest BCUT2D eigenvalue weighted by Gasteiger charge is -2.53. The van der Waals surface area contributed by atoms with Crippen LogP contribution in [0.3, 0.4) is 0 Å². The second-order valence-electron chi connectivity index (χ2n) is 16.2. The van der Waals surface area contributed by atoms with Gasteiger partial charge in [0, 0.05) is 0 Å². The first-order valence-electron chi connectivity index (χ1n) is 14.6. The molecule has 0 radical (unpaired) electrons. The topological polar surface area (TPSA) is 0 Å². The van der Waals surface area contributed by atoms with Crippen LogP contribution in [0.15, 0.2) is 0 Å². The lowest BCUT2D eigenvalue weighted by Crippen LogP contribution is -2.43. The Morgan fingerprint density at radius 2 is 0.824 bits per heavy atom. The van der Waals surface area contributed by atoms with Crippen molar-refractivity contribution < 1.29 is 0 Å². The minimum atomic E-state index is 0.394. The van der Waals surface area contributed by atoms with Gasteiger partial charge in [0.25, 0.3) is 0 Å². The molecule has 2 unspecified atom stereocenters. The molecule has 2 heteroatoms. The summed E-state index contributed by atoms with van der Waals surface area (Å²) in [6.07, 6.45) is 14.8. The molecule has 0 bridgehead atoms. The van der Waals surface area contributed by atoms with E-state index in [4.69, 9.17) is 0 Å². The lowest BCUT2D eigenvalue weighted by atomic mass is 9.52. The minimum Gasteiger partial charge on any atom is -0.179 e. The minimum absolute atomic E-state index is 0.394. The Hall–Kier alpha value is 0.700. The van der Waals surface area contributed by atoms with Crippen LogP contribution in [-0.2, 0) is 0 Å². The number of thiol groups is 2. The maximum atomic E-state index is 4.44. The van der Waals surface area contributed by atoms with Gasteiger partial charge in [0.2, 0.25) is 0 Å². The fourth-order valence-corrected chi connectivity index (χ4v) is 8.11. The molecular formula is C32H64S2. The van der Waals surface area contributed by atoms with Gasteiger partial charge >= 0.3 is 0 Å². The molecule has 0 aromatic carbocycles. The van der Waals surface area contributed by atoms with E-state index >= 15 is 0 Å². The molecule has 0 aromatic heterocycles. The van der Waals surface area contributed by atoms with Crippen LogP contribution in [0.4, 0.5) is 0 Å². The van der Waals surface area contributed by atoms with Crippen LogP contribution in [0.1, 0.15) is 147 Å². The van der Waals surface area contributed by atoms with E-state index in [1.807, 2.05) is 0 Å². The quantitative estimate of drug-likeness (QED) is 0.168. The van der Waals surface area contributed by atoms with E-state index in [1.54, 1.807) is 0 Å². The highest BCUT2D eigenvalue weighted by molar-refractivity contribution is 7.80. The monoisotopic (exact) mass is 512 g/mol. The molecule has 1 aliphatic rings. The Morgan fingerprint density at radius 3 is 1.12 bits per heavy atom. The molecular weight excluding hydrogens is 448 g/mol. The highest BCUT2D eigenvalue weighted by atomic mass is 32.1. The molecule has 2 atom stereocenters. The fraction of sp³-hybridized carbons (Fsp3) is 1.00. The van der Waals surface area contributed by atoms with Gasteiger partial charge in [0.15, 0.2) is 0 Å². The molecule has 0 aliphatic heterocycles. The molecule has 0 N–H and O–H groups in total. The summed E-state index contributed by atoms with van der Waals surface area (Å²) in [6.45, 7) is 28.0. The summed E-state index contributed by atoms with van der Waals surface area (Å²) in [5, 5.41) is 0. The zero-order valence-corrected chi connectivity index (χ0v) is 27.1. The van der Waals surface area contributed by atoms with E-state index in [1.165, 1.54) is 70.6 Å². The number of unbranched alkanes of at least 4 members (excludes halogenated alkanes) is 2. The summed E-state index contributed by atoms with van der Waals surface area (Å²) in [6, 6.07) is 0. The van der Waals surface area contributed by atoms with Gasteiger partial charge < -0.3 is 0 Å². The number of rotatable bonds is 14. The molecule has 0 aromatic rings. The third-order valence-corrected chi connectivity index (χ3v) is 10.2. The van der Waals surface area contributed by atoms with Crippen molar-refractivity contribution in [2.45, 2.75) is 147 Å². The van der Waals surface area contributed by atoms with Crippen LogP contribution in [0, 0.1) is 44.8 Å². The second kappa shape index (κ2) is 13.0. The van der Waals surface area contributed by atoms with Gasteiger partial charge in [-0.15, -0.1) is 0 Å². The van der Waals surface area contributed by atoms with E-state index < -0.39 is 0 Å². The van der Waals surface area contributed by atoms with Crippen molar-refractivity contribution in [2.75, 3.05) is 11.5 Å². The van der Waals surface area contributed by atoms with Gasteiger partial charge in [-0.25, -0.2) is 0 Å². The van der Waals surface area contributed by atoms with E-state index in [9.17, 15) is 0 Å². The van der Waals surface area contributed by atoms with Gasteiger partial charge in [-0.2, -0.15) is 25.3 Å².